The number of fused-ring (bicyclic) bond motifs is 1. The van der Waals surface area contributed by atoms with Gasteiger partial charge in [-0.3, -0.25) is 4.57 Å². The predicted octanol–water partition coefficient (Wildman–Crippen LogP) is 3.59. The van der Waals surface area contributed by atoms with Gasteiger partial charge in [0.05, 0.1) is 11.1 Å². The lowest BCUT2D eigenvalue weighted by Gasteiger charge is -2.08. The Bertz CT molecular complexity index is 817. The van der Waals surface area contributed by atoms with E-state index in [0.29, 0.717) is 5.52 Å². The Hall–Kier alpha value is -2.62. The number of aromatic carboxylic acids is 1. The molecule has 0 amide bonds. The summed E-state index contributed by atoms with van der Waals surface area (Å²) in [5, 5.41) is 9.27. The average molecular weight is 280 g/mol. The van der Waals surface area contributed by atoms with Crippen molar-refractivity contribution in [1.29, 1.82) is 0 Å². The molecule has 0 bridgehead atoms. The third-order valence-corrected chi connectivity index (χ3v) is 3.69. The number of hydrogen-bond donors (Lipinski definition) is 1. The highest BCUT2D eigenvalue weighted by atomic mass is 16.4. The molecule has 0 aliphatic carbocycles. The number of aryl methyl sites for hydroxylation is 2. The lowest BCUT2D eigenvalue weighted by Crippen LogP contribution is -1.98. The molecule has 106 valence electrons. The van der Waals surface area contributed by atoms with Crippen LogP contribution in [0, 0.1) is 6.92 Å². The normalized spacial score (nSPS) is 11.0. The first-order valence-corrected chi connectivity index (χ1v) is 6.92. The summed E-state index contributed by atoms with van der Waals surface area (Å²) in [6.45, 7) is 4.01. The van der Waals surface area contributed by atoms with Crippen LogP contribution in [-0.2, 0) is 6.42 Å². The molecule has 2 aromatic carbocycles. The fourth-order valence-electron chi connectivity index (χ4n) is 2.59. The maximum atomic E-state index is 11.3. The molecular weight excluding hydrogens is 264 g/mol. The minimum absolute atomic E-state index is 0.236. The molecule has 1 heterocycles. The number of para-hydroxylation sites is 1. The molecule has 21 heavy (non-hydrogen) atoms. The standard InChI is InChI=1S/C17H16N2O2/c1-3-12-7-9-13(10-8-12)19-11(2)18-16-14(17(20)21)5-4-6-15(16)19/h4-10H,3H2,1-2H3,(H,20,21). The molecule has 1 aromatic heterocycles. The first-order chi connectivity index (χ1) is 10.1. The van der Waals surface area contributed by atoms with Gasteiger partial charge in [0, 0.05) is 5.69 Å². The minimum atomic E-state index is -0.952. The van der Waals surface area contributed by atoms with Crippen molar-refractivity contribution in [3.05, 3.63) is 59.4 Å². The lowest BCUT2D eigenvalue weighted by atomic mass is 10.1. The number of benzene rings is 2. The van der Waals surface area contributed by atoms with Crippen molar-refractivity contribution in [1.82, 2.24) is 9.55 Å². The molecular formula is C17H16N2O2. The molecule has 4 nitrogen and oxygen atoms in total. The molecule has 3 aromatic rings. The second-order valence-electron chi connectivity index (χ2n) is 4.99. The van der Waals surface area contributed by atoms with Gasteiger partial charge in [-0.2, -0.15) is 0 Å². The molecule has 0 aliphatic heterocycles. The van der Waals surface area contributed by atoms with Crippen molar-refractivity contribution in [3.63, 3.8) is 0 Å². The lowest BCUT2D eigenvalue weighted by molar-refractivity contribution is 0.0699. The third kappa shape index (κ3) is 2.18. The van der Waals surface area contributed by atoms with Crippen molar-refractivity contribution in [3.8, 4) is 5.69 Å². The van der Waals surface area contributed by atoms with E-state index in [2.05, 4.69) is 24.0 Å². The van der Waals surface area contributed by atoms with Crippen LogP contribution >= 0.6 is 0 Å². The Kier molecular flexibility index (Phi) is 3.22. The molecule has 0 saturated carbocycles. The molecule has 0 aliphatic rings. The van der Waals surface area contributed by atoms with Gasteiger partial charge in [0.2, 0.25) is 0 Å². The summed E-state index contributed by atoms with van der Waals surface area (Å²) < 4.78 is 1.99. The number of nitrogens with zero attached hydrogens (tertiary/aromatic N) is 2. The van der Waals surface area contributed by atoms with E-state index in [1.807, 2.05) is 29.7 Å². The number of imidazole rings is 1. The van der Waals surface area contributed by atoms with E-state index in [1.54, 1.807) is 12.1 Å². The van der Waals surface area contributed by atoms with Crippen LogP contribution in [-0.4, -0.2) is 20.6 Å². The Morgan fingerprint density at radius 2 is 1.90 bits per heavy atom. The molecule has 3 rings (SSSR count). The van der Waals surface area contributed by atoms with E-state index in [0.717, 1.165) is 23.4 Å². The first kappa shape index (κ1) is 13.4. The van der Waals surface area contributed by atoms with Crippen LogP contribution in [0.1, 0.15) is 28.7 Å². The van der Waals surface area contributed by atoms with Crippen LogP contribution in [0.4, 0.5) is 0 Å². The molecule has 0 unspecified atom stereocenters. The number of aromatic nitrogens is 2. The van der Waals surface area contributed by atoms with Crippen LogP contribution < -0.4 is 0 Å². The smallest absolute Gasteiger partial charge is 0.337 e. The number of carbonyl (C=O) groups is 1. The fraction of sp³-hybridized carbons (Fsp3) is 0.176. The van der Waals surface area contributed by atoms with E-state index < -0.39 is 5.97 Å². The SMILES string of the molecule is CCc1ccc(-n2c(C)nc3c(C(=O)O)cccc32)cc1. The van der Waals surface area contributed by atoms with Gasteiger partial charge in [-0.25, -0.2) is 9.78 Å². The quantitative estimate of drug-likeness (QED) is 0.797. The van der Waals surface area contributed by atoms with E-state index in [1.165, 1.54) is 5.56 Å². The van der Waals surface area contributed by atoms with Crippen molar-refractivity contribution in [2.24, 2.45) is 0 Å². The summed E-state index contributed by atoms with van der Waals surface area (Å²) in [6.07, 6.45) is 0.993. The maximum absolute atomic E-state index is 11.3. The summed E-state index contributed by atoms with van der Waals surface area (Å²) in [5.41, 5.74) is 3.85. The van der Waals surface area contributed by atoms with Crippen molar-refractivity contribution >= 4 is 17.0 Å². The Balaban J connectivity index is 2.24. The molecule has 4 heteroatoms. The van der Waals surface area contributed by atoms with Gasteiger partial charge in [0.1, 0.15) is 11.3 Å². The highest BCUT2D eigenvalue weighted by molar-refractivity contribution is 6.01. The van der Waals surface area contributed by atoms with Crippen LogP contribution in [0.2, 0.25) is 0 Å². The first-order valence-electron chi connectivity index (χ1n) is 6.92. The number of rotatable bonds is 3. The van der Waals surface area contributed by atoms with Crippen LogP contribution in [0.15, 0.2) is 42.5 Å². The zero-order valence-electron chi connectivity index (χ0n) is 12.0. The largest absolute Gasteiger partial charge is 0.478 e. The second-order valence-corrected chi connectivity index (χ2v) is 4.99. The predicted molar refractivity (Wildman–Crippen MR) is 82.1 cm³/mol. The molecule has 0 spiro atoms. The van der Waals surface area contributed by atoms with E-state index in [4.69, 9.17) is 0 Å². The summed E-state index contributed by atoms with van der Waals surface area (Å²) in [4.78, 5) is 15.7. The van der Waals surface area contributed by atoms with Gasteiger partial charge in [-0.1, -0.05) is 25.1 Å². The Morgan fingerprint density at radius 1 is 1.19 bits per heavy atom. The number of hydrogen-bond acceptors (Lipinski definition) is 2. The summed E-state index contributed by atoms with van der Waals surface area (Å²) in [5.74, 6) is -0.172. The molecule has 1 N–H and O–H groups in total. The zero-order valence-corrected chi connectivity index (χ0v) is 12.0. The van der Waals surface area contributed by atoms with Gasteiger partial charge < -0.3 is 5.11 Å². The highest BCUT2D eigenvalue weighted by Gasteiger charge is 2.15. The van der Waals surface area contributed by atoms with Gasteiger partial charge in [0.15, 0.2) is 0 Å². The maximum Gasteiger partial charge on any atom is 0.337 e. The van der Waals surface area contributed by atoms with Gasteiger partial charge in [0.25, 0.3) is 0 Å². The monoisotopic (exact) mass is 280 g/mol. The molecule has 0 radical (unpaired) electrons. The summed E-state index contributed by atoms with van der Waals surface area (Å²) in [7, 11) is 0. The minimum Gasteiger partial charge on any atom is -0.478 e. The topological polar surface area (TPSA) is 55.1 Å². The van der Waals surface area contributed by atoms with Crippen molar-refractivity contribution in [2.75, 3.05) is 0 Å². The third-order valence-electron chi connectivity index (χ3n) is 3.69. The van der Waals surface area contributed by atoms with Crippen LogP contribution in [0.5, 0.6) is 0 Å². The zero-order chi connectivity index (χ0) is 15.0. The summed E-state index contributed by atoms with van der Waals surface area (Å²) in [6, 6.07) is 13.5. The molecule has 0 fully saturated rings. The van der Waals surface area contributed by atoms with Gasteiger partial charge >= 0.3 is 5.97 Å². The van der Waals surface area contributed by atoms with Gasteiger partial charge in [-0.15, -0.1) is 0 Å². The molecule has 0 atom stereocenters. The van der Waals surface area contributed by atoms with Crippen LogP contribution in [0.25, 0.3) is 16.7 Å². The number of carboxylic acid groups (broad SMARTS) is 1. The van der Waals surface area contributed by atoms with E-state index in [-0.39, 0.29) is 5.56 Å². The van der Waals surface area contributed by atoms with Crippen LogP contribution in [0.3, 0.4) is 0 Å². The van der Waals surface area contributed by atoms with Gasteiger partial charge in [-0.05, 0) is 43.2 Å². The fourth-order valence-corrected chi connectivity index (χ4v) is 2.59. The van der Waals surface area contributed by atoms with Crippen molar-refractivity contribution in [2.45, 2.75) is 20.3 Å². The second kappa shape index (κ2) is 5.05. The molecule has 0 saturated heterocycles. The van der Waals surface area contributed by atoms with E-state index >= 15 is 0 Å². The average Bonchev–Trinajstić information content (AvgIpc) is 2.82. The van der Waals surface area contributed by atoms with Crippen molar-refractivity contribution < 1.29 is 9.90 Å². The van der Waals surface area contributed by atoms with E-state index in [9.17, 15) is 9.90 Å². The Morgan fingerprint density at radius 3 is 2.52 bits per heavy atom. The highest BCUT2D eigenvalue weighted by Crippen LogP contribution is 2.24. The number of carboxylic acids is 1. The Labute approximate surface area is 122 Å². The summed E-state index contributed by atoms with van der Waals surface area (Å²) >= 11 is 0.